The van der Waals surface area contributed by atoms with Crippen molar-refractivity contribution in [3.63, 3.8) is 0 Å². The molecule has 1 amide bonds. The number of hydrogen-bond acceptors (Lipinski definition) is 2. The molecule has 148 valence electrons. The van der Waals surface area contributed by atoms with Gasteiger partial charge in [0.1, 0.15) is 0 Å². The topological polar surface area (TPSA) is 40.5 Å². The standard InChI is InChI=1S/C17H21F6NO2/c1-3-5-6-7-14(25)24(4-2)13-10-8-12(9-11-13)15(26,16(18,19)20)17(21,22)23/h8-11,26H,3-7H2,1-2H3. The van der Waals surface area contributed by atoms with Crippen LogP contribution in [0.3, 0.4) is 0 Å². The van der Waals surface area contributed by atoms with E-state index in [1.165, 1.54) is 4.90 Å². The van der Waals surface area contributed by atoms with Gasteiger partial charge in [-0.05, 0) is 25.5 Å². The van der Waals surface area contributed by atoms with E-state index in [0.717, 1.165) is 25.0 Å². The smallest absolute Gasteiger partial charge is 0.369 e. The summed E-state index contributed by atoms with van der Waals surface area (Å²) in [5.74, 6) is -0.268. The van der Waals surface area contributed by atoms with Crippen molar-refractivity contribution in [3.8, 4) is 0 Å². The maximum absolute atomic E-state index is 12.9. The van der Waals surface area contributed by atoms with Crippen molar-refractivity contribution in [2.24, 2.45) is 0 Å². The molecule has 3 nitrogen and oxygen atoms in total. The lowest BCUT2D eigenvalue weighted by Gasteiger charge is -2.33. The van der Waals surface area contributed by atoms with Crippen LogP contribution in [0.2, 0.25) is 0 Å². The molecule has 0 aromatic heterocycles. The Morgan fingerprint density at radius 3 is 1.85 bits per heavy atom. The lowest BCUT2D eigenvalue weighted by atomic mass is 9.92. The highest BCUT2D eigenvalue weighted by molar-refractivity contribution is 5.93. The Labute approximate surface area is 147 Å². The highest BCUT2D eigenvalue weighted by Crippen LogP contribution is 2.50. The highest BCUT2D eigenvalue weighted by atomic mass is 19.4. The van der Waals surface area contributed by atoms with Crippen LogP contribution in [0.4, 0.5) is 32.0 Å². The van der Waals surface area contributed by atoms with Crippen molar-refractivity contribution < 1.29 is 36.2 Å². The SMILES string of the molecule is CCCCCC(=O)N(CC)c1ccc(C(O)(C(F)(F)F)C(F)(F)F)cc1. The molecule has 9 heteroatoms. The Morgan fingerprint density at radius 1 is 0.962 bits per heavy atom. The van der Waals surface area contributed by atoms with Crippen molar-refractivity contribution in [3.05, 3.63) is 29.8 Å². The number of nitrogens with zero attached hydrogens (tertiary/aromatic N) is 1. The fraction of sp³-hybridized carbons (Fsp3) is 0.588. The van der Waals surface area contributed by atoms with Crippen LogP contribution in [0.1, 0.15) is 45.1 Å². The first-order chi connectivity index (χ1) is 11.9. The largest absolute Gasteiger partial charge is 0.430 e. The van der Waals surface area contributed by atoms with Gasteiger partial charge < -0.3 is 10.0 Å². The molecule has 1 N–H and O–H groups in total. The third-order valence-corrected chi connectivity index (χ3v) is 4.03. The van der Waals surface area contributed by atoms with Crippen LogP contribution in [0.15, 0.2) is 24.3 Å². The highest BCUT2D eigenvalue weighted by Gasteiger charge is 2.71. The van der Waals surface area contributed by atoms with Crippen LogP contribution in [0.5, 0.6) is 0 Å². The Kier molecular flexibility index (Phi) is 7.09. The quantitative estimate of drug-likeness (QED) is 0.534. The molecule has 0 saturated heterocycles. The van der Waals surface area contributed by atoms with Crippen molar-refractivity contribution >= 4 is 11.6 Å². The first kappa shape index (κ1) is 22.3. The summed E-state index contributed by atoms with van der Waals surface area (Å²) in [4.78, 5) is 13.4. The molecule has 0 heterocycles. The Morgan fingerprint density at radius 2 is 1.46 bits per heavy atom. The number of benzene rings is 1. The molecular weight excluding hydrogens is 364 g/mol. The summed E-state index contributed by atoms with van der Waals surface area (Å²) in [6.07, 6.45) is -9.25. The molecule has 0 atom stereocenters. The zero-order valence-electron chi connectivity index (χ0n) is 14.4. The van der Waals surface area contributed by atoms with Crippen LogP contribution in [0, 0.1) is 0 Å². The van der Waals surface area contributed by atoms with Crippen LogP contribution in [-0.4, -0.2) is 29.9 Å². The van der Waals surface area contributed by atoms with Gasteiger partial charge >= 0.3 is 12.4 Å². The minimum absolute atomic E-state index is 0.171. The summed E-state index contributed by atoms with van der Waals surface area (Å²) in [5, 5.41) is 9.36. The van der Waals surface area contributed by atoms with Crippen LogP contribution in [-0.2, 0) is 10.4 Å². The summed E-state index contributed by atoms with van der Waals surface area (Å²) in [7, 11) is 0. The van der Waals surface area contributed by atoms with E-state index >= 15 is 0 Å². The van der Waals surface area contributed by atoms with Gasteiger partial charge in [-0.3, -0.25) is 4.79 Å². The summed E-state index contributed by atoms with van der Waals surface area (Å²) < 4.78 is 77.3. The average Bonchev–Trinajstić information content (AvgIpc) is 2.53. The van der Waals surface area contributed by atoms with Crippen LogP contribution < -0.4 is 4.90 Å². The minimum atomic E-state index is -5.94. The van der Waals surface area contributed by atoms with E-state index in [1.54, 1.807) is 6.92 Å². The number of alkyl halides is 6. The van der Waals surface area contributed by atoms with Crippen LogP contribution in [0.25, 0.3) is 0 Å². The Hall–Kier alpha value is -1.77. The molecule has 0 bridgehead atoms. The second-order valence-corrected chi connectivity index (χ2v) is 5.85. The van der Waals surface area contributed by atoms with Gasteiger partial charge in [-0.15, -0.1) is 0 Å². The number of rotatable bonds is 7. The number of anilines is 1. The molecule has 0 aliphatic heterocycles. The fourth-order valence-electron chi connectivity index (χ4n) is 2.53. The summed E-state index contributed by atoms with van der Waals surface area (Å²) >= 11 is 0. The minimum Gasteiger partial charge on any atom is -0.369 e. The zero-order valence-corrected chi connectivity index (χ0v) is 14.4. The average molecular weight is 385 g/mol. The van der Waals surface area contributed by atoms with Crippen LogP contribution >= 0.6 is 0 Å². The number of unbranched alkanes of at least 4 members (excludes halogenated alkanes) is 2. The Bertz CT molecular complexity index is 581. The van der Waals surface area contributed by atoms with E-state index in [1.807, 2.05) is 6.92 Å². The molecule has 0 aliphatic carbocycles. The van der Waals surface area contributed by atoms with Crippen molar-refractivity contribution in [2.75, 3.05) is 11.4 Å². The zero-order chi connectivity index (χ0) is 20.2. The number of amides is 1. The van der Waals surface area contributed by atoms with Crippen molar-refractivity contribution in [1.29, 1.82) is 0 Å². The van der Waals surface area contributed by atoms with Gasteiger partial charge in [0.05, 0.1) is 0 Å². The molecule has 0 spiro atoms. The number of carbonyl (C=O) groups is 1. The van der Waals surface area contributed by atoms with E-state index < -0.39 is 23.5 Å². The Balaban J connectivity index is 3.14. The lowest BCUT2D eigenvalue weighted by Crippen LogP contribution is -2.53. The second kappa shape index (κ2) is 8.28. The van der Waals surface area contributed by atoms with Gasteiger partial charge in [-0.2, -0.15) is 26.3 Å². The molecule has 1 aromatic rings. The number of aliphatic hydroxyl groups is 1. The molecule has 26 heavy (non-hydrogen) atoms. The molecule has 0 radical (unpaired) electrons. The first-order valence-corrected chi connectivity index (χ1v) is 8.16. The normalized spacial score (nSPS) is 13.0. The molecule has 0 saturated carbocycles. The predicted molar refractivity (Wildman–Crippen MR) is 84.6 cm³/mol. The van der Waals surface area contributed by atoms with Crippen molar-refractivity contribution in [1.82, 2.24) is 0 Å². The van der Waals surface area contributed by atoms with Gasteiger partial charge in [0.15, 0.2) is 0 Å². The van der Waals surface area contributed by atoms with E-state index in [0.29, 0.717) is 18.6 Å². The van der Waals surface area contributed by atoms with Gasteiger partial charge in [0.2, 0.25) is 5.91 Å². The molecule has 0 unspecified atom stereocenters. The third-order valence-electron chi connectivity index (χ3n) is 4.03. The molecule has 0 aliphatic rings. The van der Waals surface area contributed by atoms with Gasteiger partial charge in [-0.1, -0.05) is 31.9 Å². The van der Waals surface area contributed by atoms with Gasteiger partial charge in [-0.25, -0.2) is 0 Å². The summed E-state index contributed by atoms with van der Waals surface area (Å²) in [5.41, 5.74) is -6.15. The lowest BCUT2D eigenvalue weighted by molar-refractivity contribution is -0.376. The van der Waals surface area contributed by atoms with E-state index in [9.17, 15) is 36.2 Å². The monoisotopic (exact) mass is 385 g/mol. The van der Waals surface area contributed by atoms with Gasteiger partial charge in [0, 0.05) is 24.2 Å². The predicted octanol–water partition coefficient (Wildman–Crippen LogP) is 4.93. The third kappa shape index (κ3) is 4.49. The first-order valence-electron chi connectivity index (χ1n) is 8.16. The molecule has 1 aromatic carbocycles. The van der Waals surface area contributed by atoms with E-state index in [-0.39, 0.29) is 24.6 Å². The van der Waals surface area contributed by atoms with Crippen molar-refractivity contribution in [2.45, 2.75) is 57.5 Å². The number of hydrogen-bond donors (Lipinski definition) is 1. The summed E-state index contributed by atoms with van der Waals surface area (Å²) in [6, 6.07) is 3.02. The second-order valence-electron chi connectivity index (χ2n) is 5.85. The molecular formula is C17H21F6NO2. The molecule has 0 fully saturated rings. The number of carbonyl (C=O) groups excluding carboxylic acids is 1. The van der Waals surface area contributed by atoms with E-state index in [4.69, 9.17) is 0 Å². The molecule has 1 rings (SSSR count). The maximum Gasteiger partial charge on any atom is 0.430 e. The fourth-order valence-corrected chi connectivity index (χ4v) is 2.53. The maximum atomic E-state index is 12.9. The number of halogens is 6. The van der Waals surface area contributed by atoms with E-state index in [2.05, 4.69) is 0 Å². The van der Waals surface area contributed by atoms with Gasteiger partial charge in [0.25, 0.3) is 5.60 Å². The summed E-state index contributed by atoms with van der Waals surface area (Å²) in [6.45, 7) is 3.82.